The summed E-state index contributed by atoms with van der Waals surface area (Å²) in [5.74, 6) is 0.456. The molecule has 1 heteroatoms. The van der Waals surface area contributed by atoms with Crippen molar-refractivity contribution in [1.29, 1.82) is 0 Å². The van der Waals surface area contributed by atoms with Gasteiger partial charge < -0.3 is 0 Å². The Balaban J connectivity index is 1.93. The molecule has 0 N–H and O–H groups in total. The smallest absolute Gasteiger partial charge is 0.0622 e. The third-order valence-corrected chi connectivity index (χ3v) is 12.9. The van der Waals surface area contributed by atoms with Gasteiger partial charge in [-0.25, -0.2) is 0 Å². The molecule has 1 atom stereocenters. The van der Waals surface area contributed by atoms with E-state index in [2.05, 4.69) is 156 Å². The highest BCUT2D eigenvalue weighted by Crippen LogP contribution is 2.68. The topological polar surface area (TPSA) is 0 Å². The lowest BCUT2D eigenvalue weighted by atomic mass is 9.71. The summed E-state index contributed by atoms with van der Waals surface area (Å²) >= 11 is 0. The molecule has 0 radical (unpaired) electrons. The van der Waals surface area contributed by atoms with Crippen molar-refractivity contribution in [1.82, 2.24) is 0 Å². The van der Waals surface area contributed by atoms with Crippen LogP contribution in [-0.2, 0) is 0 Å². The maximum Gasteiger partial charge on any atom is 0.117 e. The average Bonchev–Trinajstić information content (AvgIpc) is 2.86. The van der Waals surface area contributed by atoms with Crippen LogP contribution in [0.4, 0.5) is 0 Å². The van der Waals surface area contributed by atoms with Gasteiger partial charge in [0.25, 0.3) is 0 Å². The van der Waals surface area contributed by atoms with E-state index in [0.29, 0.717) is 5.92 Å². The third-order valence-electron chi connectivity index (χ3n) is 7.70. The van der Waals surface area contributed by atoms with Gasteiger partial charge in [-0.1, -0.05) is 106 Å². The van der Waals surface area contributed by atoms with Crippen molar-refractivity contribution in [3.8, 4) is 0 Å². The Kier molecular flexibility index (Phi) is 7.11. The normalized spacial score (nSPS) is 13.4. The van der Waals surface area contributed by atoms with Crippen LogP contribution in [0.2, 0.25) is 0 Å². The van der Waals surface area contributed by atoms with Crippen LogP contribution in [-0.4, -0.2) is 5.16 Å². The third kappa shape index (κ3) is 4.49. The minimum absolute atomic E-state index is 0.0313. The molecule has 0 aliphatic heterocycles. The van der Waals surface area contributed by atoms with E-state index in [1.807, 2.05) is 0 Å². The Morgan fingerprint density at radius 3 is 1.21 bits per heavy atom. The lowest BCUT2D eigenvalue weighted by Gasteiger charge is -2.46. The first-order chi connectivity index (χ1) is 16.3. The first-order valence-corrected chi connectivity index (χ1v) is 14.2. The van der Waals surface area contributed by atoms with Crippen molar-refractivity contribution in [3.05, 3.63) is 127 Å². The Morgan fingerprint density at radius 1 is 0.529 bits per heavy atom. The van der Waals surface area contributed by atoms with Crippen molar-refractivity contribution < 1.29 is 0 Å². The minimum Gasteiger partial charge on any atom is -0.0622 e. The summed E-state index contributed by atoms with van der Waals surface area (Å²) in [5, 5.41) is 4.41. The summed E-state index contributed by atoms with van der Waals surface area (Å²) < 4.78 is 0. The number of hydrogen-bond donors (Lipinski definition) is 0. The SMILES string of the molecule is CC(c1ccccc1)C(C)(C)CC(C)(C)[P+](c1ccccc1)(c1ccccc1)c1ccccc1. The van der Waals surface area contributed by atoms with E-state index < -0.39 is 7.26 Å². The Morgan fingerprint density at radius 2 is 0.853 bits per heavy atom. The molecule has 4 aromatic carbocycles. The molecule has 0 saturated heterocycles. The van der Waals surface area contributed by atoms with Gasteiger partial charge in [0.2, 0.25) is 0 Å². The largest absolute Gasteiger partial charge is 0.117 e. The van der Waals surface area contributed by atoms with Gasteiger partial charge in [-0.2, -0.15) is 0 Å². The molecule has 0 spiro atoms. The van der Waals surface area contributed by atoms with Gasteiger partial charge in [0.15, 0.2) is 0 Å². The molecule has 174 valence electrons. The predicted molar refractivity (Wildman–Crippen MR) is 152 cm³/mol. The van der Waals surface area contributed by atoms with Gasteiger partial charge in [0.05, 0.1) is 5.16 Å². The summed E-state index contributed by atoms with van der Waals surface area (Å²) in [6.07, 6.45) is 1.11. The van der Waals surface area contributed by atoms with E-state index in [1.165, 1.54) is 21.5 Å². The molecule has 1 unspecified atom stereocenters. The molecule has 0 bridgehead atoms. The lowest BCUT2D eigenvalue weighted by molar-refractivity contribution is 0.250. The molecule has 0 aromatic heterocycles. The fourth-order valence-electron chi connectivity index (χ4n) is 6.03. The standard InChI is InChI=1S/C33H38P/c1-27(28-18-10-6-11-19-28)32(2,3)26-33(4,5)34(29-20-12-7-13-21-29,30-22-14-8-15-23-30)31-24-16-9-17-25-31/h6-25,27H,26H2,1-5H3/q+1. The zero-order valence-electron chi connectivity index (χ0n) is 21.3. The average molecular weight is 466 g/mol. The number of benzene rings is 4. The van der Waals surface area contributed by atoms with Crippen LogP contribution in [0.15, 0.2) is 121 Å². The van der Waals surface area contributed by atoms with Crippen molar-refractivity contribution in [2.75, 3.05) is 0 Å². The van der Waals surface area contributed by atoms with Gasteiger partial charge in [-0.3, -0.25) is 0 Å². The van der Waals surface area contributed by atoms with Crippen molar-refractivity contribution >= 4 is 23.2 Å². The van der Waals surface area contributed by atoms with Crippen molar-refractivity contribution in [3.63, 3.8) is 0 Å². The van der Waals surface area contributed by atoms with E-state index in [1.54, 1.807) is 0 Å². The lowest BCUT2D eigenvalue weighted by Crippen LogP contribution is -2.46. The van der Waals surface area contributed by atoms with Crippen LogP contribution in [0.25, 0.3) is 0 Å². The van der Waals surface area contributed by atoms with E-state index in [9.17, 15) is 0 Å². The summed E-state index contributed by atoms with van der Waals surface area (Å²) in [7, 11) is -1.98. The second kappa shape index (κ2) is 9.89. The number of rotatable bonds is 8. The van der Waals surface area contributed by atoms with Gasteiger partial charge in [-0.15, -0.1) is 0 Å². The zero-order chi connectivity index (χ0) is 24.2. The summed E-state index contributed by atoms with van der Waals surface area (Å²) in [6.45, 7) is 12.4. The molecular weight excluding hydrogens is 427 g/mol. The Labute approximate surface area is 207 Å². The van der Waals surface area contributed by atoms with Crippen LogP contribution in [0, 0.1) is 5.41 Å². The molecule has 0 saturated carbocycles. The molecule has 0 fully saturated rings. The highest BCUT2D eigenvalue weighted by Gasteiger charge is 2.59. The Hall–Kier alpha value is -2.69. The molecule has 4 aromatic rings. The summed E-state index contributed by atoms with van der Waals surface area (Å²) in [4.78, 5) is 0. The first-order valence-electron chi connectivity index (χ1n) is 12.4. The molecule has 0 aliphatic rings. The second-order valence-electron chi connectivity index (χ2n) is 10.8. The summed E-state index contributed by atoms with van der Waals surface area (Å²) in [6, 6.07) is 44.9. The maximum absolute atomic E-state index is 2.52. The second-order valence-corrected chi connectivity index (χ2v) is 14.9. The van der Waals surface area contributed by atoms with Crippen LogP contribution in [0.5, 0.6) is 0 Å². The molecule has 0 aliphatic carbocycles. The quantitative estimate of drug-likeness (QED) is 0.231. The van der Waals surface area contributed by atoms with Crippen LogP contribution >= 0.6 is 7.26 Å². The van der Waals surface area contributed by atoms with Gasteiger partial charge in [0, 0.05) is 0 Å². The Bertz CT molecular complexity index is 1070. The molecule has 0 nitrogen and oxygen atoms in total. The molecule has 0 amide bonds. The highest BCUT2D eigenvalue weighted by atomic mass is 31.2. The van der Waals surface area contributed by atoms with Crippen molar-refractivity contribution in [2.45, 2.75) is 52.1 Å². The van der Waals surface area contributed by atoms with Crippen LogP contribution in [0.3, 0.4) is 0 Å². The van der Waals surface area contributed by atoms with E-state index in [-0.39, 0.29) is 10.6 Å². The van der Waals surface area contributed by atoms with E-state index >= 15 is 0 Å². The fourth-order valence-corrected chi connectivity index (χ4v) is 11.5. The van der Waals surface area contributed by atoms with Crippen molar-refractivity contribution in [2.24, 2.45) is 5.41 Å². The molecule has 34 heavy (non-hydrogen) atoms. The highest BCUT2D eigenvalue weighted by molar-refractivity contribution is 7.96. The molecule has 0 heterocycles. The van der Waals surface area contributed by atoms with Crippen LogP contribution < -0.4 is 15.9 Å². The van der Waals surface area contributed by atoms with Crippen LogP contribution in [0.1, 0.15) is 52.5 Å². The zero-order valence-corrected chi connectivity index (χ0v) is 22.2. The number of hydrogen-bond acceptors (Lipinski definition) is 0. The fraction of sp³-hybridized carbons (Fsp3) is 0.273. The monoisotopic (exact) mass is 465 g/mol. The predicted octanol–water partition coefficient (Wildman–Crippen LogP) is 7.98. The van der Waals surface area contributed by atoms with E-state index in [0.717, 1.165) is 6.42 Å². The first kappa shape index (κ1) is 24.4. The van der Waals surface area contributed by atoms with E-state index in [4.69, 9.17) is 0 Å². The maximum atomic E-state index is 2.52. The molecule has 4 rings (SSSR count). The minimum atomic E-state index is -1.98. The van der Waals surface area contributed by atoms with Gasteiger partial charge in [-0.05, 0) is 73.6 Å². The molecular formula is C33H38P+. The van der Waals surface area contributed by atoms with Gasteiger partial charge in [0.1, 0.15) is 23.2 Å². The van der Waals surface area contributed by atoms with Gasteiger partial charge >= 0.3 is 0 Å². The summed E-state index contributed by atoms with van der Waals surface area (Å²) in [5.41, 5.74) is 1.54.